The Morgan fingerprint density at radius 2 is 1.88 bits per heavy atom. The second-order valence-electron chi connectivity index (χ2n) is 5.85. The number of fused-ring (bicyclic) bond motifs is 3. The zero-order valence-electron chi connectivity index (χ0n) is 13.3. The number of phenols is 1. The number of pyridine rings is 1. The second kappa shape index (κ2) is 5.80. The van der Waals surface area contributed by atoms with E-state index in [2.05, 4.69) is 6.92 Å². The number of aromatic hydroxyl groups is 1. The first-order chi connectivity index (χ1) is 11.7. The average molecular weight is 335 g/mol. The molecule has 24 heavy (non-hydrogen) atoms. The van der Waals surface area contributed by atoms with E-state index in [-0.39, 0.29) is 5.56 Å². The Morgan fingerprint density at radius 1 is 1.08 bits per heavy atom. The molecule has 0 amide bonds. The number of hydrogen-bond acceptors (Lipinski definition) is 3. The molecule has 2 aromatic carbocycles. The van der Waals surface area contributed by atoms with Gasteiger partial charge in [0, 0.05) is 22.0 Å². The molecular weight excluding hydrogens is 318 g/mol. The van der Waals surface area contributed by atoms with Gasteiger partial charge >= 0.3 is 0 Å². The number of hydrogen-bond donors (Lipinski definition) is 1. The molecular formula is C20H17NO2S. The topological polar surface area (TPSA) is 42.2 Å². The molecule has 0 unspecified atom stereocenters. The third-order valence-electron chi connectivity index (χ3n) is 4.35. The summed E-state index contributed by atoms with van der Waals surface area (Å²) in [4.78, 5) is 13.1. The Kier molecular flexibility index (Phi) is 3.62. The van der Waals surface area contributed by atoms with Gasteiger partial charge in [0.1, 0.15) is 10.4 Å². The molecule has 4 rings (SSSR count). The molecule has 4 aromatic rings. The molecule has 4 heteroatoms. The van der Waals surface area contributed by atoms with Gasteiger partial charge in [0.15, 0.2) is 0 Å². The molecule has 0 saturated heterocycles. The smallest absolute Gasteiger partial charge is 0.273 e. The minimum Gasteiger partial charge on any atom is -0.508 e. The van der Waals surface area contributed by atoms with Crippen LogP contribution in [0.4, 0.5) is 0 Å². The maximum Gasteiger partial charge on any atom is 0.273 e. The van der Waals surface area contributed by atoms with Crippen molar-refractivity contribution in [3.05, 3.63) is 69.8 Å². The summed E-state index contributed by atoms with van der Waals surface area (Å²) >= 11 is 1.46. The minimum atomic E-state index is -0.00756. The lowest BCUT2D eigenvalue weighted by Gasteiger charge is -2.15. The number of thiophene rings is 1. The molecule has 0 radical (unpaired) electrons. The molecule has 0 bridgehead atoms. The molecule has 0 fully saturated rings. The molecule has 3 nitrogen and oxygen atoms in total. The highest BCUT2D eigenvalue weighted by molar-refractivity contribution is 7.17. The van der Waals surface area contributed by atoms with Crippen molar-refractivity contribution in [1.82, 2.24) is 4.57 Å². The van der Waals surface area contributed by atoms with E-state index in [1.54, 1.807) is 10.6 Å². The van der Waals surface area contributed by atoms with Crippen LogP contribution >= 0.6 is 11.3 Å². The second-order valence-corrected chi connectivity index (χ2v) is 6.76. The fourth-order valence-corrected chi connectivity index (χ4v) is 4.16. The maximum atomic E-state index is 13.1. The Bertz CT molecular complexity index is 1090. The standard InChI is InChI=1S/C20H17NO2S/c1-2-6-14-17(22)10-9-16-18(14)15-11-12-24-19(15)20(23)21(16)13-7-4-3-5-8-13/h3-5,7-12,22H,2,6H2,1H3. The van der Waals surface area contributed by atoms with Gasteiger partial charge < -0.3 is 5.11 Å². The highest BCUT2D eigenvalue weighted by Gasteiger charge is 2.17. The summed E-state index contributed by atoms with van der Waals surface area (Å²) in [5.41, 5.74) is 2.60. The van der Waals surface area contributed by atoms with Crippen molar-refractivity contribution in [3.63, 3.8) is 0 Å². The highest BCUT2D eigenvalue weighted by atomic mass is 32.1. The third-order valence-corrected chi connectivity index (χ3v) is 5.26. The predicted octanol–water partition coefficient (Wildman–Crippen LogP) is 4.86. The fourth-order valence-electron chi connectivity index (χ4n) is 3.33. The van der Waals surface area contributed by atoms with E-state index in [1.165, 1.54) is 11.3 Å². The van der Waals surface area contributed by atoms with Crippen LogP contribution in [-0.2, 0) is 6.42 Å². The normalized spacial score (nSPS) is 11.4. The van der Waals surface area contributed by atoms with Crippen LogP contribution in [0.25, 0.3) is 26.7 Å². The van der Waals surface area contributed by atoms with Gasteiger partial charge in [-0.15, -0.1) is 11.3 Å². The highest BCUT2D eigenvalue weighted by Crippen LogP contribution is 2.35. The van der Waals surface area contributed by atoms with Gasteiger partial charge in [-0.3, -0.25) is 9.36 Å². The molecule has 0 atom stereocenters. The van der Waals surface area contributed by atoms with Crippen LogP contribution in [0, 0.1) is 0 Å². The van der Waals surface area contributed by atoms with E-state index >= 15 is 0 Å². The van der Waals surface area contributed by atoms with Gasteiger partial charge in [-0.2, -0.15) is 0 Å². The number of rotatable bonds is 3. The molecule has 0 saturated carbocycles. The third kappa shape index (κ3) is 2.14. The first-order valence-corrected chi connectivity index (χ1v) is 8.92. The van der Waals surface area contributed by atoms with E-state index in [1.807, 2.05) is 47.8 Å². The van der Waals surface area contributed by atoms with Gasteiger partial charge in [-0.05, 0) is 42.1 Å². The number of benzene rings is 2. The van der Waals surface area contributed by atoms with Crippen LogP contribution in [0.5, 0.6) is 5.75 Å². The van der Waals surface area contributed by atoms with Crippen LogP contribution in [0.3, 0.4) is 0 Å². The monoisotopic (exact) mass is 335 g/mol. The first kappa shape index (κ1) is 15.0. The van der Waals surface area contributed by atoms with E-state index in [0.717, 1.165) is 45.1 Å². The zero-order valence-corrected chi connectivity index (χ0v) is 14.1. The van der Waals surface area contributed by atoms with Gasteiger partial charge in [0.05, 0.1) is 5.52 Å². The molecule has 0 spiro atoms. The summed E-state index contributed by atoms with van der Waals surface area (Å²) in [6.07, 6.45) is 1.71. The SMILES string of the molecule is CCCc1c(O)ccc2c1c1ccsc1c(=O)n2-c1ccccc1. The number of aryl methyl sites for hydroxylation is 1. The van der Waals surface area contributed by atoms with Crippen molar-refractivity contribution in [3.8, 4) is 11.4 Å². The first-order valence-electron chi connectivity index (χ1n) is 8.04. The van der Waals surface area contributed by atoms with Gasteiger partial charge in [0.2, 0.25) is 0 Å². The van der Waals surface area contributed by atoms with Crippen molar-refractivity contribution < 1.29 is 5.11 Å². The summed E-state index contributed by atoms with van der Waals surface area (Å²) in [5, 5.41) is 14.2. The lowest BCUT2D eigenvalue weighted by Crippen LogP contribution is -2.18. The maximum absolute atomic E-state index is 13.1. The molecule has 2 heterocycles. The number of phenolic OH excluding ortho intramolecular Hbond substituents is 1. The van der Waals surface area contributed by atoms with Crippen molar-refractivity contribution in [2.45, 2.75) is 19.8 Å². The van der Waals surface area contributed by atoms with E-state index in [0.29, 0.717) is 5.75 Å². The minimum absolute atomic E-state index is 0.00756. The summed E-state index contributed by atoms with van der Waals surface area (Å²) in [7, 11) is 0. The Balaban J connectivity index is 2.25. The van der Waals surface area contributed by atoms with Gasteiger partial charge in [-0.1, -0.05) is 31.5 Å². The van der Waals surface area contributed by atoms with Crippen LogP contribution in [0.15, 0.2) is 58.7 Å². The van der Waals surface area contributed by atoms with Crippen LogP contribution in [-0.4, -0.2) is 9.67 Å². The lowest BCUT2D eigenvalue weighted by atomic mass is 10.00. The van der Waals surface area contributed by atoms with Crippen molar-refractivity contribution >= 4 is 32.3 Å². The largest absolute Gasteiger partial charge is 0.508 e. The Morgan fingerprint density at radius 3 is 2.62 bits per heavy atom. The fraction of sp³-hybridized carbons (Fsp3) is 0.150. The molecule has 2 aromatic heterocycles. The van der Waals surface area contributed by atoms with Crippen LogP contribution in [0.1, 0.15) is 18.9 Å². The van der Waals surface area contributed by atoms with E-state index in [9.17, 15) is 9.90 Å². The number of nitrogens with zero attached hydrogens (tertiary/aromatic N) is 1. The predicted molar refractivity (Wildman–Crippen MR) is 101 cm³/mol. The van der Waals surface area contributed by atoms with Crippen molar-refractivity contribution in [1.29, 1.82) is 0 Å². The van der Waals surface area contributed by atoms with Crippen LogP contribution < -0.4 is 5.56 Å². The summed E-state index contributed by atoms with van der Waals surface area (Å²) < 4.78 is 2.49. The van der Waals surface area contributed by atoms with Crippen LogP contribution in [0.2, 0.25) is 0 Å². The summed E-state index contributed by atoms with van der Waals surface area (Å²) in [6.45, 7) is 2.09. The number of aromatic nitrogens is 1. The zero-order chi connectivity index (χ0) is 16.7. The van der Waals surface area contributed by atoms with Gasteiger partial charge in [-0.25, -0.2) is 0 Å². The molecule has 0 aliphatic heterocycles. The van der Waals surface area contributed by atoms with Crippen molar-refractivity contribution in [2.24, 2.45) is 0 Å². The van der Waals surface area contributed by atoms with E-state index < -0.39 is 0 Å². The molecule has 0 aliphatic carbocycles. The average Bonchev–Trinajstić information content (AvgIpc) is 3.09. The lowest BCUT2D eigenvalue weighted by molar-refractivity contribution is 0.469. The Hall–Kier alpha value is -2.59. The van der Waals surface area contributed by atoms with E-state index in [4.69, 9.17) is 0 Å². The Labute approximate surface area is 143 Å². The van der Waals surface area contributed by atoms with Gasteiger partial charge in [0.25, 0.3) is 5.56 Å². The summed E-state index contributed by atoms with van der Waals surface area (Å²) in [5.74, 6) is 0.301. The summed E-state index contributed by atoms with van der Waals surface area (Å²) in [6, 6.07) is 15.2. The van der Waals surface area contributed by atoms with Crippen molar-refractivity contribution in [2.75, 3.05) is 0 Å². The quantitative estimate of drug-likeness (QED) is 0.581. The molecule has 0 aliphatic rings. The molecule has 120 valence electrons. The molecule has 1 N–H and O–H groups in total. The number of para-hydroxylation sites is 1.